The van der Waals surface area contributed by atoms with E-state index in [1.807, 2.05) is 6.07 Å². The fourth-order valence-electron chi connectivity index (χ4n) is 1.01. The summed E-state index contributed by atoms with van der Waals surface area (Å²) in [4.78, 5) is 4.12. The highest BCUT2D eigenvalue weighted by Gasteiger charge is 1.98. The summed E-state index contributed by atoms with van der Waals surface area (Å²) in [7, 11) is 0. The molecular formula is C9H14ClN3. The van der Waals surface area contributed by atoms with Crippen LogP contribution in [0, 0.1) is 0 Å². The van der Waals surface area contributed by atoms with Gasteiger partial charge in [-0.15, -0.1) is 0 Å². The highest BCUT2D eigenvalue weighted by molar-refractivity contribution is 6.29. The van der Waals surface area contributed by atoms with Crippen molar-refractivity contribution >= 4 is 17.4 Å². The van der Waals surface area contributed by atoms with E-state index in [0.29, 0.717) is 11.7 Å². The van der Waals surface area contributed by atoms with Crippen LogP contribution in [0.25, 0.3) is 0 Å². The van der Waals surface area contributed by atoms with Gasteiger partial charge >= 0.3 is 0 Å². The summed E-state index contributed by atoms with van der Waals surface area (Å²) >= 11 is 5.80. The molecule has 0 atom stereocenters. The van der Waals surface area contributed by atoms with Crippen molar-refractivity contribution in [2.24, 2.45) is 5.73 Å². The Kier molecular flexibility index (Phi) is 3.99. The Hall–Kier alpha value is -0.800. The summed E-state index contributed by atoms with van der Waals surface area (Å²) in [6, 6.07) is 3.69. The molecule has 0 amide bonds. The van der Waals surface area contributed by atoms with Crippen LogP contribution in [0.2, 0.25) is 5.15 Å². The summed E-state index contributed by atoms with van der Waals surface area (Å²) in [5.41, 5.74) is 6.50. The Bertz CT molecular complexity index is 276. The Balaban J connectivity index is 2.76. The molecule has 0 bridgehead atoms. The quantitative estimate of drug-likeness (QED) is 0.730. The molecule has 0 aliphatic heterocycles. The third kappa shape index (κ3) is 3.20. The first-order chi connectivity index (χ1) is 6.26. The summed E-state index contributed by atoms with van der Waals surface area (Å²) in [6.07, 6.45) is 1.06. The van der Waals surface area contributed by atoms with Gasteiger partial charge < -0.3 is 11.1 Å². The molecule has 0 spiro atoms. The van der Waals surface area contributed by atoms with E-state index in [1.54, 1.807) is 6.07 Å². The number of hydrogen-bond acceptors (Lipinski definition) is 3. The highest BCUT2D eigenvalue weighted by atomic mass is 35.5. The molecule has 0 aromatic carbocycles. The molecule has 3 nitrogen and oxygen atoms in total. The zero-order valence-corrected chi connectivity index (χ0v) is 8.43. The summed E-state index contributed by atoms with van der Waals surface area (Å²) in [5, 5.41) is 3.65. The van der Waals surface area contributed by atoms with Gasteiger partial charge in [-0.2, -0.15) is 0 Å². The molecule has 0 saturated heterocycles. The molecule has 72 valence electrons. The van der Waals surface area contributed by atoms with E-state index in [2.05, 4.69) is 17.2 Å². The molecule has 0 aliphatic carbocycles. The second-order valence-electron chi connectivity index (χ2n) is 2.81. The number of halogens is 1. The van der Waals surface area contributed by atoms with Crippen LogP contribution >= 0.6 is 11.6 Å². The summed E-state index contributed by atoms with van der Waals surface area (Å²) in [5.74, 6) is 0.801. The van der Waals surface area contributed by atoms with Crippen LogP contribution in [0.15, 0.2) is 12.1 Å². The van der Waals surface area contributed by atoms with E-state index in [9.17, 15) is 0 Å². The number of nitrogens with one attached hydrogen (secondary N) is 1. The number of rotatable bonds is 4. The van der Waals surface area contributed by atoms with Gasteiger partial charge in [0.1, 0.15) is 11.0 Å². The predicted octanol–water partition coefficient (Wildman–Crippen LogP) is 2.02. The maximum Gasteiger partial charge on any atom is 0.131 e. The van der Waals surface area contributed by atoms with Crippen molar-refractivity contribution in [3.63, 3.8) is 0 Å². The first kappa shape index (κ1) is 10.3. The average Bonchev–Trinajstić information content (AvgIpc) is 2.14. The van der Waals surface area contributed by atoms with Gasteiger partial charge in [-0.3, -0.25) is 0 Å². The van der Waals surface area contributed by atoms with E-state index >= 15 is 0 Å². The third-order valence-corrected chi connectivity index (χ3v) is 1.84. The maximum atomic E-state index is 5.80. The lowest BCUT2D eigenvalue weighted by atomic mass is 10.2. The average molecular weight is 200 g/mol. The molecule has 1 aromatic heterocycles. The van der Waals surface area contributed by atoms with Gasteiger partial charge in [0, 0.05) is 13.1 Å². The van der Waals surface area contributed by atoms with E-state index < -0.39 is 0 Å². The summed E-state index contributed by atoms with van der Waals surface area (Å²) in [6.45, 7) is 3.49. The minimum atomic E-state index is 0.488. The molecule has 4 heteroatoms. The normalized spacial score (nSPS) is 10.1. The van der Waals surface area contributed by atoms with Crippen molar-refractivity contribution in [1.29, 1.82) is 0 Å². The van der Waals surface area contributed by atoms with Crippen LogP contribution in [-0.4, -0.2) is 11.5 Å². The molecule has 1 aromatic rings. The number of nitrogens with two attached hydrogens (primary N) is 1. The minimum Gasteiger partial charge on any atom is -0.370 e. The van der Waals surface area contributed by atoms with Crippen LogP contribution in [0.5, 0.6) is 0 Å². The monoisotopic (exact) mass is 199 g/mol. The minimum absolute atomic E-state index is 0.488. The van der Waals surface area contributed by atoms with Crippen LogP contribution in [-0.2, 0) is 6.54 Å². The van der Waals surface area contributed by atoms with Crippen molar-refractivity contribution in [1.82, 2.24) is 4.98 Å². The lowest BCUT2D eigenvalue weighted by molar-refractivity contribution is 0.964. The Labute approximate surface area is 83.3 Å². The lowest BCUT2D eigenvalue weighted by Gasteiger charge is -2.05. The first-order valence-corrected chi connectivity index (χ1v) is 4.74. The smallest absolute Gasteiger partial charge is 0.131 e. The van der Waals surface area contributed by atoms with E-state index in [-0.39, 0.29) is 0 Å². The van der Waals surface area contributed by atoms with Gasteiger partial charge in [0.05, 0.1) is 0 Å². The van der Waals surface area contributed by atoms with Crippen LogP contribution in [0.1, 0.15) is 18.9 Å². The maximum absolute atomic E-state index is 5.80. The van der Waals surface area contributed by atoms with Crippen LogP contribution in [0.4, 0.5) is 5.82 Å². The second kappa shape index (κ2) is 5.04. The number of anilines is 1. The van der Waals surface area contributed by atoms with Gasteiger partial charge in [0.25, 0.3) is 0 Å². The van der Waals surface area contributed by atoms with Crippen molar-refractivity contribution in [3.05, 3.63) is 22.8 Å². The topological polar surface area (TPSA) is 50.9 Å². The molecular weight excluding hydrogens is 186 g/mol. The Morgan fingerprint density at radius 2 is 2.31 bits per heavy atom. The highest BCUT2D eigenvalue weighted by Crippen LogP contribution is 2.13. The fraction of sp³-hybridized carbons (Fsp3) is 0.444. The van der Waals surface area contributed by atoms with Gasteiger partial charge in [-0.25, -0.2) is 4.98 Å². The second-order valence-corrected chi connectivity index (χ2v) is 3.20. The van der Waals surface area contributed by atoms with Crippen molar-refractivity contribution in [2.75, 3.05) is 11.9 Å². The van der Waals surface area contributed by atoms with Crippen LogP contribution < -0.4 is 11.1 Å². The summed E-state index contributed by atoms with van der Waals surface area (Å²) < 4.78 is 0. The predicted molar refractivity (Wildman–Crippen MR) is 55.9 cm³/mol. The standard InChI is InChI=1S/C9H14ClN3/c1-2-3-12-9-5-7(6-11)4-8(10)13-9/h4-5H,2-3,6,11H2,1H3,(H,12,13). The molecule has 13 heavy (non-hydrogen) atoms. The van der Waals surface area contributed by atoms with E-state index in [4.69, 9.17) is 17.3 Å². The van der Waals surface area contributed by atoms with Gasteiger partial charge in [0.15, 0.2) is 0 Å². The van der Waals surface area contributed by atoms with E-state index in [1.165, 1.54) is 0 Å². The van der Waals surface area contributed by atoms with E-state index in [0.717, 1.165) is 24.3 Å². The molecule has 3 N–H and O–H groups in total. The molecule has 1 heterocycles. The molecule has 0 unspecified atom stereocenters. The zero-order chi connectivity index (χ0) is 9.68. The molecule has 1 rings (SSSR count). The van der Waals surface area contributed by atoms with Crippen molar-refractivity contribution in [2.45, 2.75) is 19.9 Å². The van der Waals surface area contributed by atoms with Gasteiger partial charge in [0.2, 0.25) is 0 Å². The number of nitrogens with zero attached hydrogens (tertiary/aromatic N) is 1. The van der Waals surface area contributed by atoms with Gasteiger partial charge in [-0.05, 0) is 24.1 Å². The third-order valence-electron chi connectivity index (χ3n) is 1.65. The molecule has 0 saturated carbocycles. The number of aromatic nitrogens is 1. The SMILES string of the molecule is CCCNc1cc(CN)cc(Cl)n1. The van der Waals surface area contributed by atoms with Crippen molar-refractivity contribution < 1.29 is 0 Å². The first-order valence-electron chi connectivity index (χ1n) is 4.36. The number of pyridine rings is 1. The molecule has 0 fully saturated rings. The zero-order valence-electron chi connectivity index (χ0n) is 7.68. The van der Waals surface area contributed by atoms with Gasteiger partial charge in [-0.1, -0.05) is 18.5 Å². The Morgan fingerprint density at radius 3 is 2.92 bits per heavy atom. The van der Waals surface area contributed by atoms with Crippen molar-refractivity contribution in [3.8, 4) is 0 Å². The fourth-order valence-corrected chi connectivity index (χ4v) is 1.24. The largest absolute Gasteiger partial charge is 0.370 e. The lowest BCUT2D eigenvalue weighted by Crippen LogP contribution is -2.04. The molecule has 0 radical (unpaired) electrons. The number of hydrogen-bond donors (Lipinski definition) is 2. The Morgan fingerprint density at radius 1 is 1.54 bits per heavy atom. The molecule has 0 aliphatic rings. The van der Waals surface area contributed by atoms with Crippen LogP contribution in [0.3, 0.4) is 0 Å².